The zero-order valence-corrected chi connectivity index (χ0v) is 10.6. The van der Waals surface area contributed by atoms with Crippen LogP contribution in [-0.4, -0.2) is 28.3 Å². The second-order valence-electron chi connectivity index (χ2n) is 4.08. The number of aliphatic carboxylic acids is 1. The van der Waals surface area contributed by atoms with Gasteiger partial charge in [0.05, 0.1) is 5.75 Å². The fourth-order valence-electron chi connectivity index (χ4n) is 1.10. The Hall–Kier alpha value is -1.49. The monoisotopic (exact) mass is 253 g/mol. The van der Waals surface area contributed by atoms with Gasteiger partial charge >= 0.3 is 5.97 Å². The predicted molar refractivity (Wildman–Crippen MR) is 67.0 cm³/mol. The van der Waals surface area contributed by atoms with Gasteiger partial charge in [0.25, 0.3) is 0 Å². The maximum absolute atomic E-state index is 11.5. The van der Waals surface area contributed by atoms with E-state index in [0.29, 0.717) is 0 Å². The summed E-state index contributed by atoms with van der Waals surface area (Å²) in [6.45, 7) is 2.92. The number of amides is 1. The summed E-state index contributed by atoms with van der Waals surface area (Å²) in [5.74, 6) is -1.12. The number of hydrogen-bond donors (Lipinski definition) is 2. The molecule has 4 nitrogen and oxygen atoms in total. The van der Waals surface area contributed by atoms with Crippen LogP contribution in [0, 0.1) is 0 Å². The van der Waals surface area contributed by atoms with Crippen molar-refractivity contribution in [1.82, 2.24) is 5.32 Å². The van der Waals surface area contributed by atoms with Gasteiger partial charge in [-0.05, 0) is 26.0 Å². The summed E-state index contributed by atoms with van der Waals surface area (Å²) >= 11 is 1.38. The lowest BCUT2D eigenvalue weighted by Gasteiger charge is -2.20. The highest BCUT2D eigenvalue weighted by Gasteiger charge is 2.28. The highest BCUT2D eigenvalue weighted by molar-refractivity contribution is 8.00. The highest BCUT2D eigenvalue weighted by atomic mass is 32.2. The van der Waals surface area contributed by atoms with Crippen LogP contribution in [0.4, 0.5) is 0 Å². The molecule has 0 aliphatic carbocycles. The number of carbonyl (C=O) groups excluding carboxylic acids is 1. The van der Waals surface area contributed by atoms with Crippen molar-refractivity contribution < 1.29 is 14.7 Å². The zero-order valence-electron chi connectivity index (χ0n) is 9.77. The Balaban J connectivity index is 2.44. The molecule has 0 fully saturated rings. The molecule has 0 aromatic heterocycles. The van der Waals surface area contributed by atoms with E-state index in [0.717, 1.165) is 4.90 Å². The maximum atomic E-state index is 11.5. The van der Waals surface area contributed by atoms with Gasteiger partial charge in [0.2, 0.25) is 5.91 Å². The Morgan fingerprint density at radius 3 is 2.41 bits per heavy atom. The second-order valence-corrected chi connectivity index (χ2v) is 5.13. The van der Waals surface area contributed by atoms with Gasteiger partial charge < -0.3 is 10.4 Å². The topological polar surface area (TPSA) is 66.4 Å². The SMILES string of the molecule is CC(C)(NC(=O)CSc1ccccc1)C(=O)O. The maximum Gasteiger partial charge on any atom is 0.328 e. The third-order valence-corrected chi connectivity index (χ3v) is 3.11. The molecule has 92 valence electrons. The summed E-state index contributed by atoms with van der Waals surface area (Å²) in [7, 11) is 0. The van der Waals surface area contributed by atoms with Crippen LogP contribution in [0.5, 0.6) is 0 Å². The first-order chi connectivity index (χ1) is 7.92. The molecule has 1 rings (SSSR count). The van der Waals surface area contributed by atoms with Crippen molar-refractivity contribution in [3.63, 3.8) is 0 Å². The molecule has 2 N–H and O–H groups in total. The second kappa shape index (κ2) is 5.72. The van der Waals surface area contributed by atoms with Crippen molar-refractivity contribution >= 4 is 23.6 Å². The average molecular weight is 253 g/mol. The number of nitrogens with one attached hydrogen (secondary N) is 1. The lowest BCUT2D eigenvalue weighted by molar-refractivity contribution is -0.145. The fraction of sp³-hybridized carbons (Fsp3) is 0.333. The first kappa shape index (κ1) is 13.6. The van der Waals surface area contributed by atoms with Gasteiger partial charge in [-0.25, -0.2) is 4.79 Å². The van der Waals surface area contributed by atoms with Crippen LogP contribution in [-0.2, 0) is 9.59 Å². The van der Waals surface area contributed by atoms with Gasteiger partial charge in [-0.1, -0.05) is 18.2 Å². The summed E-state index contributed by atoms with van der Waals surface area (Å²) in [4.78, 5) is 23.3. The van der Waals surface area contributed by atoms with Crippen molar-refractivity contribution in [2.24, 2.45) is 0 Å². The van der Waals surface area contributed by atoms with Crippen molar-refractivity contribution in [1.29, 1.82) is 0 Å². The molecular weight excluding hydrogens is 238 g/mol. The minimum Gasteiger partial charge on any atom is -0.480 e. The molecule has 0 aliphatic heterocycles. The molecule has 1 amide bonds. The number of thioether (sulfide) groups is 1. The molecule has 0 aliphatic rings. The van der Waals surface area contributed by atoms with Gasteiger partial charge in [0.15, 0.2) is 0 Å². The summed E-state index contributed by atoms with van der Waals surface area (Å²) in [6.07, 6.45) is 0. The predicted octanol–water partition coefficient (Wildman–Crippen LogP) is 1.76. The molecule has 0 radical (unpaired) electrons. The van der Waals surface area contributed by atoms with Gasteiger partial charge in [-0.3, -0.25) is 4.79 Å². The smallest absolute Gasteiger partial charge is 0.328 e. The summed E-state index contributed by atoms with van der Waals surface area (Å²) < 4.78 is 0. The number of rotatable bonds is 5. The Bertz CT molecular complexity index is 403. The number of hydrogen-bond acceptors (Lipinski definition) is 3. The average Bonchev–Trinajstić information content (AvgIpc) is 2.27. The molecule has 0 heterocycles. The van der Waals surface area contributed by atoms with E-state index in [9.17, 15) is 9.59 Å². The quantitative estimate of drug-likeness (QED) is 0.785. The van der Waals surface area contributed by atoms with E-state index in [1.54, 1.807) is 0 Å². The van der Waals surface area contributed by atoms with E-state index in [2.05, 4.69) is 5.32 Å². The van der Waals surface area contributed by atoms with Crippen molar-refractivity contribution in [2.45, 2.75) is 24.3 Å². The Kier molecular flexibility index (Phi) is 4.57. The molecule has 0 saturated carbocycles. The minimum absolute atomic E-state index is 0.209. The lowest BCUT2D eigenvalue weighted by atomic mass is 10.1. The molecule has 17 heavy (non-hydrogen) atoms. The van der Waals surface area contributed by atoms with E-state index in [1.165, 1.54) is 25.6 Å². The molecule has 5 heteroatoms. The third-order valence-electron chi connectivity index (χ3n) is 2.10. The van der Waals surface area contributed by atoms with Crippen LogP contribution in [0.15, 0.2) is 35.2 Å². The largest absolute Gasteiger partial charge is 0.480 e. The van der Waals surface area contributed by atoms with E-state index >= 15 is 0 Å². The van der Waals surface area contributed by atoms with Crippen LogP contribution in [0.3, 0.4) is 0 Å². The Labute approximate surface area is 104 Å². The highest BCUT2D eigenvalue weighted by Crippen LogP contribution is 2.16. The zero-order chi connectivity index (χ0) is 12.9. The molecule has 0 atom stereocenters. The molecule has 0 unspecified atom stereocenters. The first-order valence-corrected chi connectivity index (χ1v) is 6.12. The first-order valence-electron chi connectivity index (χ1n) is 5.14. The van der Waals surface area contributed by atoms with E-state index in [4.69, 9.17) is 5.11 Å². The molecular formula is C12H15NO3S. The molecule has 1 aromatic rings. The number of carbonyl (C=O) groups is 2. The van der Waals surface area contributed by atoms with Gasteiger partial charge in [-0.2, -0.15) is 0 Å². The molecule has 0 bridgehead atoms. The van der Waals surface area contributed by atoms with Crippen LogP contribution in [0.25, 0.3) is 0 Å². The van der Waals surface area contributed by atoms with Crippen molar-refractivity contribution in [3.8, 4) is 0 Å². The summed E-state index contributed by atoms with van der Waals surface area (Å²) in [6, 6.07) is 9.49. The van der Waals surface area contributed by atoms with E-state index < -0.39 is 11.5 Å². The van der Waals surface area contributed by atoms with Crippen molar-refractivity contribution in [2.75, 3.05) is 5.75 Å². The lowest BCUT2D eigenvalue weighted by Crippen LogP contribution is -2.50. The minimum atomic E-state index is -1.23. The van der Waals surface area contributed by atoms with Crippen LogP contribution in [0.2, 0.25) is 0 Å². The molecule has 0 saturated heterocycles. The Morgan fingerprint density at radius 1 is 1.29 bits per heavy atom. The van der Waals surface area contributed by atoms with E-state index in [-0.39, 0.29) is 11.7 Å². The summed E-state index contributed by atoms with van der Waals surface area (Å²) in [5, 5.41) is 11.3. The number of carboxylic acids is 1. The fourth-order valence-corrected chi connectivity index (χ4v) is 1.82. The standard InChI is InChI=1S/C12H15NO3S/c1-12(2,11(15)16)13-10(14)8-17-9-6-4-3-5-7-9/h3-7H,8H2,1-2H3,(H,13,14)(H,15,16). The van der Waals surface area contributed by atoms with Crippen LogP contribution < -0.4 is 5.32 Å². The van der Waals surface area contributed by atoms with E-state index in [1.807, 2.05) is 30.3 Å². The van der Waals surface area contributed by atoms with Gasteiger partial charge in [0, 0.05) is 4.90 Å². The summed E-state index contributed by atoms with van der Waals surface area (Å²) in [5.41, 5.74) is -1.23. The van der Waals surface area contributed by atoms with Gasteiger partial charge in [-0.15, -0.1) is 11.8 Å². The number of carboxylic acid groups (broad SMARTS) is 1. The van der Waals surface area contributed by atoms with Crippen LogP contribution >= 0.6 is 11.8 Å². The molecule has 1 aromatic carbocycles. The normalized spacial score (nSPS) is 10.9. The Morgan fingerprint density at radius 2 is 1.88 bits per heavy atom. The number of benzene rings is 1. The third kappa shape index (κ3) is 4.48. The van der Waals surface area contributed by atoms with Gasteiger partial charge in [0.1, 0.15) is 5.54 Å². The van der Waals surface area contributed by atoms with Crippen molar-refractivity contribution in [3.05, 3.63) is 30.3 Å². The van der Waals surface area contributed by atoms with Crippen LogP contribution in [0.1, 0.15) is 13.8 Å². The molecule has 0 spiro atoms.